The zero-order valence-electron chi connectivity index (χ0n) is 18.8. The van der Waals surface area contributed by atoms with E-state index >= 15 is 0 Å². The molecule has 2 heterocycles. The first kappa shape index (κ1) is 24.1. The van der Waals surface area contributed by atoms with Gasteiger partial charge in [-0.25, -0.2) is 9.18 Å². The fourth-order valence-corrected chi connectivity index (χ4v) is 4.40. The van der Waals surface area contributed by atoms with Gasteiger partial charge in [-0.3, -0.25) is 14.5 Å². The Morgan fingerprint density at radius 3 is 2.45 bits per heavy atom. The Hall–Kier alpha value is -3.50. The van der Waals surface area contributed by atoms with Gasteiger partial charge in [-0.05, 0) is 56.8 Å². The maximum atomic E-state index is 13.9. The standard InChI is InChI=1S/C23H27FN4O5/c1-5-27(6-2)22(19(29)20(25)30)28-12(4)18(23(32)33)11(3)17(28)10-15-14-9-13(24)7-8-16(14)26-21(15)31/h7-10,19,22,29H,5-6H2,1-4H3,(H2,25,30)(H,26,31)(H,32,33). The van der Waals surface area contributed by atoms with Crippen molar-refractivity contribution in [2.45, 2.75) is 40.0 Å². The van der Waals surface area contributed by atoms with Crippen molar-refractivity contribution in [3.63, 3.8) is 0 Å². The second kappa shape index (κ2) is 9.16. The summed E-state index contributed by atoms with van der Waals surface area (Å²) in [6, 6.07) is 3.88. The van der Waals surface area contributed by atoms with Crippen LogP contribution in [-0.2, 0) is 9.59 Å². The number of aliphatic hydroxyl groups is 1. The predicted octanol–water partition coefficient (Wildman–Crippen LogP) is 2.12. The number of hydrogen-bond donors (Lipinski definition) is 4. The van der Waals surface area contributed by atoms with Gasteiger partial charge in [-0.1, -0.05) is 13.8 Å². The van der Waals surface area contributed by atoms with Gasteiger partial charge >= 0.3 is 5.97 Å². The molecule has 9 nitrogen and oxygen atoms in total. The van der Waals surface area contributed by atoms with E-state index in [4.69, 9.17) is 5.73 Å². The second-order valence-electron chi connectivity index (χ2n) is 7.83. The minimum absolute atomic E-state index is 0.0199. The molecule has 5 N–H and O–H groups in total. The maximum Gasteiger partial charge on any atom is 0.337 e. The van der Waals surface area contributed by atoms with E-state index in [1.54, 1.807) is 18.7 Å². The molecule has 1 aliphatic rings. The van der Waals surface area contributed by atoms with Crippen LogP contribution in [0.4, 0.5) is 10.1 Å². The van der Waals surface area contributed by atoms with Crippen LogP contribution in [-0.4, -0.2) is 56.7 Å². The molecule has 2 atom stereocenters. The van der Waals surface area contributed by atoms with Gasteiger partial charge in [-0.15, -0.1) is 0 Å². The summed E-state index contributed by atoms with van der Waals surface area (Å²) in [6.07, 6.45) is -1.22. The van der Waals surface area contributed by atoms with Gasteiger partial charge < -0.3 is 25.8 Å². The number of carboxylic acid groups (broad SMARTS) is 1. The molecular weight excluding hydrogens is 431 g/mol. The van der Waals surface area contributed by atoms with Gasteiger partial charge in [0.2, 0.25) is 5.91 Å². The predicted molar refractivity (Wildman–Crippen MR) is 121 cm³/mol. The van der Waals surface area contributed by atoms with Crippen LogP contribution in [0.1, 0.15) is 52.9 Å². The summed E-state index contributed by atoms with van der Waals surface area (Å²) < 4.78 is 15.4. The number of hydrogen-bond acceptors (Lipinski definition) is 5. The molecule has 0 bridgehead atoms. The summed E-state index contributed by atoms with van der Waals surface area (Å²) in [7, 11) is 0. The smallest absolute Gasteiger partial charge is 0.337 e. The normalized spacial score (nSPS) is 16.1. The number of benzene rings is 1. The Kier molecular flexibility index (Phi) is 6.71. The van der Waals surface area contributed by atoms with Crippen molar-refractivity contribution in [1.29, 1.82) is 0 Å². The number of primary amides is 1. The van der Waals surface area contributed by atoms with Crippen LogP contribution in [0.25, 0.3) is 11.6 Å². The monoisotopic (exact) mass is 458 g/mol. The van der Waals surface area contributed by atoms with Gasteiger partial charge in [0.25, 0.3) is 5.91 Å². The molecule has 0 saturated heterocycles. The first-order valence-electron chi connectivity index (χ1n) is 10.5. The lowest BCUT2D eigenvalue weighted by atomic mass is 10.0. The number of nitrogens with two attached hydrogens (primary N) is 1. The van der Waals surface area contributed by atoms with Crippen LogP contribution in [0, 0.1) is 19.7 Å². The number of carbonyl (C=O) groups is 3. The molecule has 2 amide bonds. The summed E-state index contributed by atoms with van der Waals surface area (Å²) in [6.45, 7) is 7.65. The number of likely N-dealkylation sites (N-methyl/N-ethyl adjacent to an activating group) is 1. The van der Waals surface area contributed by atoms with E-state index in [0.29, 0.717) is 35.6 Å². The van der Waals surface area contributed by atoms with Crippen molar-refractivity contribution in [3.05, 3.63) is 52.1 Å². The average Bonchev–Trinajstić information content (AvgIpc) is 3.18. The number of aliphatic hydroxyl groups excluding tert-OH is 1. The zero-order chi connectivity index (χ0) is 24.6. The van der Waals surface area contributed by atoms with Gasteiger partial charge in [0, 0.05) is 22.6 Å². The number of aromatic carboxylic acids is 1. The number of carbonyl (C=O) groups excluding carboxylic acids is 2. The number of aromatic nitrogens is 1. The topological polar surface area (TPSA) is 138 Å². The SMILES string of the molecule is CCN(CC)C(C(O)C(N)=O)n1c(C)c(C(=O)O)c(C)c1C=C1C(=O)Nc2ccc(F)cc21. The number of anilines is 1. The first-order chi connectivity index (χ1) is 15.5. The molecule has 176 valence electrons. The summed E-state index contributed by atoms with van der Waals surface area (Å²) in [5.41, 5.74) is 7.20. The molecule has 33 heavy (non-hydrogen) atoms. The average molecular weight is 458 g/mol. The molecule has 3 rings (SSSR count). The highest BCUT2D eigenvalue weighted by Crippen LogP contribution is 2.37. The zero-order valence-corrected chi connectivity index (χ0v) is 18.8. The summed E-state index contributed by atoms with van der Waals surface area (Å²) >= 11 is 0. The van der Waals surface area contributed by atoms with Crippen molar-refractivity contribution < 1.29 is 29.0 Å². The van der Waals surface area contributed by atoms with Crippen LogP contribution in [0.5, 0.6) is 0 Å². The van der Waals surface area contributed by atoms with Crippen LogP contribution < -0.4 is 11.1 Å². The molecule has 0 radical (unpaired) electrons. The number of rotatable bonds is 8. The van der Waals surface area contributed by atoms with Crippen LogP contribution in [0.3, 0.4) is 0 Å². The number of halogens is 1. The third kappa shape index (κ3) is 4.14. The van der Waals surface area contributed by atoms with E-state index in [1.807, 2.05) is 13.8 Å². The Morgan fingerprint density at radius 1 is 1.27 bits per heavy atom. The lowest BCUT2D eigenvalue weighted by Crippen LogP contribution is -2.46. The summed E-state index contributed by atoms with van der Waals surface area (Å²) in [5, 5.41) is 23.2. The molecule has 0 aliphatic carbocycles. The fourth-order valence-electron chi connectivity index (χ4n) is 4.40. The van der Waals surface area contributed by atoms with Gasteiger partial charge in [0.15, 0.2) is 6.10 Å². The van der Waals surface area contributed by atoms with E-state index in [2.05, 4.69) is 5.32 Å². The largest absolute Gasteiger partial charge is 0.478 e. The third-order valence-corrected chi connectivity index (χ3v) is 6.03. The lowest BCUT2D eigenvalue weighted by molar-refractivity contribution is -0.132. The van der Waals surface area contributed by atoms with Crippen molar-refractivity contribution in [1.82, 2.24) is 9.47 Å². The van der Waals surface area contributed by atoms with Crippen molar-refractivity contribution in [2.75, 3.05) is 18.4 Å². The Balaban J connectivity index is 2.36. The van der Waals surface area contributed by atoms with Crippen LogP contribution in [0.2, 0.25) is 0 Å². The van der Waals surface area contributed by atoms with Crippen molar-refractivity contribution >= 4 is 35.1 Å². The third-order valence-electron chi connectivity index (χ3n) is 6.03. The summed E-state index contributed by atoms with van der Waals surface area (Å²) in [5.74, 6) is -3.18. The molecule has 2 aromatic rings. The molecule has 0 saturated carbocycles. The number of fused-ring (bicyclic) bond motifs is 1. The number of nitrogens with zero attached hydrogens (tertiary/aromatic N) is 2. The summed E-state index contributed by atoms with van der Waals surface area (Å²) in [4.78, 5) is 38.5. The van der Waals surface area contributed by atoms with Crippen LogP contribution in [0.15, 0.2) is 18.2 Å². The molecule has 10 heteroatoms. The molecule has 0 spiro atoms. The second-order valence-corrected chi connectivity index (χ2v) is 7.83. The molecular formula is C23H27FN4O5. The number of nitrogens with one attached hydrogen (secondary N) is 1. The van der Waals surface area contributed by atoms with Crippen molar-refractivity contribution in [3.8, 4) is 0 Å². The quantitative estimate of drug-likeness (QED) is 0.447. The highest BCUT2D eigenvalue weighted by molar-refractivity contribution is 6.35. The Bertz CT molecular complexity index is 1170. The van der Waals surface area contributed by atoms with E-state index in [-0.39, 0.29) is 16.8 Å². The first-order valence-corrected chi connectivity index (χ1v) is 10.5. The number of amides is 2. The minimum atomic E-state index is -1.66. The van der Waals surface area contributed by atoms with Gasteiger partial charge in [-0.2, -0.15) is 0 Å². The fraction of sp³-hybridized carbons (Fsp3) is 0.348. The van der Waals surface area contributed by atoms with Gasteiger partial charge in [0.05, 0.1) is 11.1 Å². The lowest BCUT2D eigenvalue weighted by Gasteiger charge is -2.35. The Labute approximate surface area is 190 Å². The van der Waals surface area contributed by atoms with E-state index < -0.39 is 35.9 Å². The minimum Gasteiger partial charge on any atom is -0.478 e. The molecule has 1 aliphatic heterocycles. The molecule has 0 fully saturated rings. The van der Waals surface area contributed by atoms with E-state index in [1.165, 1.54) is 28.8 Å². The molecule has 1 aromatic heterocycles. The number of carboxylic acids is 1. The molecule has 1 aromatic carbocycles. The van der Waals surface area contributed by atoms with Crippen LogP contribution >= 0.6 is 0 Å². The van der Waals surface area contributed by atoms with Crippen molar-refractivity contribution in [2.24, 2.45) is 5.73 Å². The highest BCUT2D eigenvalue weighted by Gasteiger charge is 2.36. The maximum absolute atomic E-state index is 13.9. The van der Waals surface area contributed by atoms with E-state index in [9.17, 15) is 29.0 Å². The molecule has 2 unspecified atom stereocenters. The Morgan fingerprint density at radius 2 is 1.91 bits per heavy atom. The van der Waals surface area contributed by atoms with Gasteiger partial charge in [0.1, 0.15) is 12.0 Å². The highest BCUT2D eigenvalue weighted by atomic mass is 19.1. The van der Waals surface area contributed by atoms with E-state index in [0.717, 1.165) is 0 Å².